The maximum Gasteiger partial charge on any atom is 0.325 e. The van der Waals surface area contributed by atoms with Crippen LogP contribution >= 0.6 is 0 Å². The second-order valence-electron chi connectivity index (χ2n) is 6.68. The van der Waals surface area contributed by atoms with E-state index in [0.29, 0.717) is 11.4 Å². The number of ether oxygens (including phenoxy) is 1. The van der Waals surface area contributed by atoms with Crippen molar-refractivity contribution in [3.05, 3.63) is 60.3 Å². The Morgan fingerprint density at radius 2 is 1.83 bits per heavy atom. The molecule has 0 aliphatic carbocycles. The molecule has 0 aliphatic heterocycles. The first kappa shape index (κ1) is 18.5. The molecule has 7 nitrogen and oxygen atoms in total. The van der Waals surface area contributed by atoms with Crippen LogP contribution in [0.25, 0.3) is 33.1 Å². The Bertz CT molecular complexity index is 1250. The smallest absolute Gasteiger partial charge is 0.325 e. The number of methoxy groups -OCH3 is 1. The zero-order valence-electron chi connectivity index (χ0n) is 15.9. The summed E-state index contributed by atoms with van der Waals surface area (Å²) in [6.07, 6.45) is 0. The summed E-state index contributed by atoms with van der Waals surface area (Å²) >= 11 is 0. The molecule has 0 saturated carbocycles. The summed E-state index contributed by atoms with van der Waals surface area (Å²) in [5.41, 5.74) is 3.11. The molecule has 0 spiro atoms. The Morgan fingerprint density at radius 3 is 2.59 bits per heavy atom. The molecule has 0 aliphatic rings. The van der Waals surface area contributed by atoms with Crippen LogP contribution in [0.3, 0.4) is 0 Å². The fourth-order valence-electron chi connectivity index (χ4n) is 3.33. The van der Waals surface area contributed by atoms with Crippen LogP contribution < -0.4 is 10.1 Å². The molecule has 1 atom stereocenters. The van der Waals surface area contributed by atoms with Gasteiger partial charge in [0.25, 0.3) is 5.91 Å². The first-order chi connectivity index (χ1) is 14.0. The molecule has 1 unspecified atom stereocenters. The Balaban J connectivity index is 1.98. The van der Waals surface area contributed by atoms with Gasteiger partial charge < -0.3 is 20.1 Å². The minimum absolute atomic E-state index is 0.135. The highest BCUT2D eigenvalue weighted by molar-refractivity contribution is 6.13. The largest absolute Gasteiger partial charge is 0.496 e. The van der Waals surface area contributed by atoms with E-state index in [0.717, 1.165) is 27.4 Å². The molecule has 0 saturated heterocycles. The standard InChI is InChI=1S/C22H19N3O4/c1-12(22(27)28)23-21(26)17-11-15-13-7-3-5-9-16(13)24-20(15)19(25-17)14-8-4-6-10-18(14)29-2/h3-12,24H,1-2H3,(H,23,26)(H,27,28). The van der Waals surface area contributed by atoms with Gasteiger partial charge in [0, 0.05) is 21.9 Å². The van der Waals surface area contributed by atoms with Gasteiger partial charge in [0.2, 0.25) is 0 Å². The molecule has 7 heteroatoms. The molecule has 29 heavy (non-hydrogen) atoms. The third-order valence-corrected chi connectivity index (χ3v) is 4.81. The third-order valence-electron chi connectivity index (χ3n) is 4.81. The Hall–Kier alpha value is -3.87. The number of hydrogen-bond donors (Lipinski definition) is 3. The van der Waals surface area contributed by atoms with E-state index < -0.39 is 17.9 Å². The van der Waals surface area contributed by atoms with Gasteiger partial charge in [-0.25, -0.2) is 4.98 Å². The van der Waals surface area contributed by atoms with E-state index in [1.165, 1.54) is 6.92 Å². The fraction of sp³-hybridized carbons (Fsp3) is 0.136. The molecule has 0 bridgehead atoms. The normalized spacial score (nSPS) is 12.1. The van der Waals surface area contributed by atoms with Gasteiger partial charge in [0.15, 0.2) is 0 Å². The maximum atomic E-state index is 12.7. The number of nitrogens with one attached hydrogen (secondary N) is 2. The van der Waals surface area contributed by atoms with Crippen molar-refractivity contribution in [2.75, 3.05) is 7.11 Å². The Kier molecular flexibility index (Phi) is 4.64. The Labute approximate surface area is 166 Å². The number of carboxylic acids is 1. The van der Waals surface area contributed by atoms with Crippen molar-refractivity contribution in [3.8, 4) is 17.0 Å². The molecule has 2 heterocycles. The molecule has 2 aromatic carbocycles. The second kappa shape index (κ2) is 7.27. The minimum atomic E-state index is -1.11. The molecule has 0 fully saturated rings. The number of rotatable bonds is 5. The number of aliphatic carboxylic acids is 1. The predicted molar refractivity (Wildman–Crippen MR) is 110 cm³/mol. The van der Waals surface area contributed by atoms with Crippen LogP contribution in [0.2, 0.25) is 0 Å². The summed E-state index contributed by atoms with van der Waals surface area (Å²) in [5.74, 6) is -1.05. The van der Waals surface area contributed by atoms with Crippen LogP contribution in [-0.4, -0.2) is 40.1 Å². The summed E-state index contributed by atoms with van der Waals surface area (Å²) in [6, 6.07) is 15.8. The van der Waals surface area contributed by atoms with Crippen LogP contribution in [0.5, 0.6) is 5.75 Å². The number of carbonyl (C=O) groups excluding carboxylic acids is 1. The minimum Gasteiger partial charge on any atom is -0.496 e. The van der Waals surface area contributed by atoms with Crippen molar-refractivity contribution < 1.29 is 19.4 Å². The molecule has 3 N–H and O–H groups in total. The van der Waals surface area contributed by atoms with E-state index in [2.05, 4.69) is 15.3 Å². The van der Waals surface area contributed by atoms with E-state index in [1.807, 2.05) is 48.5 Å². The summed E-state index contributed by atoms with van der Waals surface area (Å²) in [4.78, 5) is 31.8. The number of hydrogen-bond acceptors (Lipinski definition) is 4. The summed E-state index contributed by atoms with van der Waals surface area (Å²) in [5, 5.41) is 13.3. The lowest BCUT2D eigenvalue weighted by Crippen LogP contribution is -2.38. The topological polar surface area (TPSA) is 104 Å². The van der Waals surface area contributed by atoms with E-state index in [-0.39, 0.29) is 5.69 Å². The van der Waals surface area contributed by atoms with Gasteiger partial charge in [-0.1, -0.05) is 30.3 Å². The van der Waals surface area contributed by atoms with Crippen molar-refractivity contribution in [2.45, 2.75) is 13.0 Å². The van der Waals surface area contributed by atoms with Gasteiger partial charge in [0.1, 0.15) is 17.5 Å². The number of carbonyl (C=O) groups is 2. The number of benzene rings is 2. The Morgan fingerprint density at radius 1 is 1.10 bits per heavy atom. The van der Waals surface area contributed by atoms with Gasteiger partial charge >= 0.3 is 5.97 Å². The number of aromatic nitrogens is 2. The molecular formula is C22H19N3O4. The van der Waals surface area contributed by atoms with Gasteiger partial charge in [-0.3, -0.25) is 9.59 Å². The van der Waals surface area contributed by atoms with Crippen molar-refractivity contribution >= 4 is 33.7 Å². The van der Waals surface area contributed by atoms with Gasteiger partial charge in [-0.2, -0.15) is 0 Å². The SMILES string of the molecule is COc1ccccc1-c1nc(C(=O)NC(C)C(=O)O)cc2c1[nH]c1ccccc12. The van der Waals surface area contributed by atoms with E-state index >= 15 is 0 Å². The van der Waals surface area contributed by atoms with E-state index in [4.69, 9.17) is 9.84 Å². The monoisotopic (exact) mass is 389 g/mol. The summed E-state index contributed by atoms with van der Waals surface area (Å²) in [6.45, 7) is 1.41. The number of pyridine rings is 1. The van der Waals surface area contributed by atoms with Crippen LogP contribution in [0.1, 0.15) is 17.4 Å². The summed E-state index contributed by atoms with van der Waals surface area (Å²) in [7, 11) is 1.58. The average Bonchev–Trinajstić information content (AvgIpc) is 3.11. The lowest BCUT2D eigenvalue weighted by molar-refractivity contribution is -0.138. The maximum absolute atomic E-state index is 12.7. The first-order valence-corrected chi connectivity index (χ1v) is 9.08. The third kappa shape index (κ3) is 3.27. The number of aromatic amines is 1. The lowest BCUT2D eigenvalue weighted by Gasteiger charge is -2.12. The van der Waals surface area contributed by atoms with E-state index in [9.17, 15) is 9.59 Å². The van der Waals surface area contributed by atoms with Crippen molar-refractivity contribution in [3.63, 3.8) is 0 Å². The molecule has 146 valence electrons. The molecule has 2 aromatic heterocycles. The molecule has 1 amide bonds. The molecule has 0 radical (unpaired) electrons. The van der Waals surface area contributed by atoms with Crippen LogP contribution in [0, 0.1) is 0 Å². The van der Waals surface area contributed by atoms with Gasteiger partial charge in [-0.05, 0) is 31.2 Å². The zero-order chi connectivity index (χ0) is 20.5. The predicted octanol–water partition coefficient (Wildman–Crippen LogP) is 3.59. The number of fused-ring (bicyclic) bond motifs is 3. The highest BCUT2D eigenvalue weighted by Crippen LogP contribution is 2.36. The average molecular weight is 389 g/mol. The highest BCUT2D eigenvalue weighted by Gasteiger charge is 2.21. The number of amides is 1. The van der Waals surface area contributed by atoms with Crippen LogP contribution in [0.15, 0.2) is 54.6 Å². The highest BCUT2D eigenvalue weighted by atomic mass is 16.5. The van der Waals surface area contributed by atoms with Gasteiger partial charge in [-0.15, -0.1) is 0 Å². The van der Waals surface area contributed by atoms with Crippen molar-refractivity contribution in [2.24, 2.45) is 0 Å². The van der Waals surface area contributed by atoms with Crippen molar-refractivity contribution in [1.29, 1.82) is 0 Å². The quantitative estimate of drug-likeness (QED) is 0.484. The van der Waals surface area contributed by atoms with Crippen molar-refractivity contribution in [1.82, 2.24) is 15.3 Å². The molecular weight excluding hydrogens is 370 g/mol. The summed E-state index contributed by atoms with van der Waals surface area (Å²) < 4.78 is 5.49. The zero-order valence-corrected chi connectivity index (χ0v) is 15.9. The number of nitrogens with zero attached hydrogens (tertiary/aromatic N) is 1. The number of H-pyrrole nitrogens is 1. The number of carboxylic acid groups (broad SMARTS) is 1. The van der Waals surface area contributed by atoms with Crippen LogP contribution in [-0.2, 0) is 4.79 Å². The van der Waals surface area contributed by atoms with E-state index in [1.54, 1.807) is 13.2 Å². The first-order valence-electron chi connectivity index (χ1n) is 9.08. The lowest BCUT2D eigenvalue weighted by atomic mass is 10.1. The molecule has 4 rings (SSSR count). The second-order valence-corrected chi connectivity index (χ2v) is 6.68. The molecule has 4 aromatic rings. The number of para-hydroxylation sites is 2. The van der Waals surface area contributed by atoms with Gasteiger partial charge in [0.05, 0.1) is 18.3 Å². The fourth-order valence-corrected chi connectivity index (χ4v) is 3.33. The van der Waals surface area contributed by atoms with Crippen LogP contribution in [0.4, 0.5) is 0 Å².